The Morgan fingerprint density at radius 3 is 2.94 bits per heavy atom. The fraction of sp³-hybridized carbons (Fsp3) is 0.667. The van der Waals surface area contributed by atoms with Crippen molar-refractivity contribution in [2.24, 2.45) is 0 Å². The molecule has 0 bridgehead atoms. The Morgan fingerprint density at radius 1 is 1.59 bits per heavy atom. The van der Waals surface area contributed by atoms with Gasteiger partial charge >= 0.3 is 0 Å². The molecule has 1 fully saturated rings. The van der Waals surface area contributed by atoms with Crippen molar-refractivity contribution in [1.29, 1.82) is 0 Å². The molecule has 1 aliphatic heterocycles. The number of amides is 1. The van der Waals surface area contributed by atoms with Crippen molar-refractivity contribution < 1.29 is 4.79 Å². The van der Waals surface area contributed by atoms with Gasteiger partial charge < -0.3 is 10.2 Å². The predicted molar refractivity (Wildman–Crippen MR) is 66.9 cm³/mol. The zero-order chi connectivity index (χ0) is 12.4. The first-order valence-electron chi connectivity index (χ1n) is 6.21. The van der Waals surface area contributed by atoms with Gasteiger partial charge in [0.25, 0.3) is 0 Å². The SMILES string of the molecule is CCn1cc(N2CCC(NC(C)C)C2=O)cn1. The quantitative estimate of drug-likeness (QED) is 0.848. The van der Waals surface area contributed by atoms with Crippen LogP contribution in [0, 0.1) is 0 Å². The molecule has 2 rings (SSSR count). The maximum atomic E-state index is 12.2. The third-order valence-electron chi connectivity index (χ3n) is 3.00. The van der Waals surface area contributed by atoms with E-state index in [-0.39, 0.29) is 11.9 Å². The average Bonchev–Trinajstić information content (AvgIpc) is 2.86. The van der Waals surface area contributed by atoms with Crippen molar-refractivity contribution in [3.63, 3.8) is 0 Å². The number of nitrogens with one attached hydrogen (secondary N) is 1. The number of aryl methyl sites for hydroxylation is 1. The minimum Gasteiger partial charge on any atom is -0.308 e. The lowest BCUT2D eigenvalue weighted by molar-refractivity contribution is -0.118. The minimum absolute atomic E-state index is 0.0417. The molecule has 1 aromatic rings. The molecule has 0 saturated carbocycles. The summed E-state index contributed by atoms with van der Waals surface area (Å²) in [4.78, 5) is 14.0. The number of nitrogens with zero attached hydrogens (tertiary/aromatic N) is 3. The van der Waals surface area contributed by atoms with Crippen LogP contribution in [-0.4, -0.2) is 34.3 Å². The summed E-state index contributed by atoms with van der Waals surface area (Å²) in [5.74, 6) is 0.161. The van der Waals surface area contributed by atoms with Crippen LogP contribution >= 0.6 is 0 Å². The first kappa shape index (κ1) is 12.1. The summed E-state index contributed by atoms with van der Waals surface area (Å²) in [6, 6.07) is 0.294. The van der Waals surface area contributed by atoms with Crippen LogP contribution in [0.5, 0.6) is 0 Å². The molecule has 1 aliphatic rings. The monoisotopic (exact) mass is 236 g/mol. The van der Waals surface area contributed by atoms with Crippen LogP contribution in [0.15, 0.2) is 12.4 Å². The van der Waals surface area contributed by atoms with Gasteiger partial charge in [-0.25, -0.2) is 0 Å². The van der Waals surface area contributed by atoms with Crippen molar-refractivity contribution in [2.45, 2.75) is 45.8 Å². The first-order chi connectivity index (χ1) is 8.11. The molecular weight excluding hydrogens is 216 g/mol. The lowest BCUT2D eigenvalue weighted by Gasteiger charge is -2.16. The van der Waals surface area contributed by atoms with Gasteiger partial charge in [-0.05, 0) is 13.3 Å². The van der Waals surface area contributed by atoms with Gasteiger partial charge in [0.05, 0.1) is 17.9 Å². The Bertz CT molecular complexity index is 399. The second-order valence-electron chi connectivity index (χ2n) is 4.71. The Morgan fingerprint density at radius 2 is 2.35 bits per heavy atom. The van der Waals surface area contributed by atoms with Gasteiger partial charge in [0.15, 0.2) is 0 Å². The molecule has 0 aliphatic carbocycles. The zero-order valence-electron chi connectivity index (χ0n) is 10.7. The van der Waals surface area contributed by atoms with Crippen LogP contribution in [0.3, 0.4) is 0 Å². The third kappa shape index (κ3) is 2.49. The van der Waals surface area contributed by atoms with Crippen molar-refractivity contribution in [3.05, 3.63) is 12.4 Å². The Hall–Kier alpha value is -1.36. The Labute approximate surface area is 102 Å². The molecule has 1 unspecified atom stereocenters. The summed E-state index contributed by atoms with van der Waals surface area (Å²) in [6.07, 6.45) is 4.56. The highest BCUT2D eigenvalue weighted by atomic mass is 16.2. The summed E-state index contributed by atoms with van der Waals surface area (Å²) in [7, 11) is 0. The number of carbonyl (C=O) groups excluding carboxylic acids is 1. The topological polar surface area (TPSA) is 50.2 Å². The molecule has 94 valence electrons. The molecule has 1 atom stereocenters. The molecule has 0 spiro atoms. The van der Waals surface area contributed by atoms with E-state index in [1.54, 1.807) is 6.20 Å². The van der Waals surface area contributed by atoms with Crippen LogP contribution in [-0.2, 0) is 11.3 Å². The van der Waals surface area contributed by atoms with E-state index >= 15 is 0 Å². The molecule has 0 radical (unpaired) electrons. The van der Waals surface area contributed by atoms with Crippen molar-refractivity contribution in [3.8, 4) is 0 Å². The number of carbonyl (C=O) groups is 1. The molecule has 17 heavy (non-hydrogen) atoms. The van der Waals surface area contributed by atoms with Gasteiger partial charge in [0.1, 0.15) is 0 Å². The first-order valence-corrected chi connectivity index (χ1v) is 6.21. The molecule has 1 N–H and O–H groups in total. The number of hydrogen-bond donors (Lipinski definition) is 1. The highest BCUT2D eigenvalue weighted by Gasteiger charge is 2.33. The van der Waals surface area contributed by atoms with E-state index in [4.69, 9.17) is 0 Å². The minimum atomic E-state index is -0.0417. The highest BCUT2D eigenvalue weighted by Crippen LogP contribution is 2.21. The largest absolute Gasteiger partial charge is 0.308 e. The lowest BCUT2D eigenvalue weighted by Crippen LogP contribution is -2.41. The van der Waals surface area contributed by atoms with Gasteiger partial charge in [0, 0.05) is 25.3 Å². The number of rotatable bonds is 4. The van der Waals surface area contributed by atoms with E-state index in [1.807, 2.05) is 22.7 Å². The lowest BCUT2D eigenvalue weighted by atomic mass is 10.2. The molecular formula is C12H20N4O. The summed E-state index contributed by atoms with van der Waals surface area (Å²) >= 11 is 0. The number of aromatic nitrogens is 2. The third-order valence-corrected chi connectivity index (χ3v) is 3.00. The maximum absolute atomic E-state index is 12.2. The zero-order valence-corrected chi connectivity index (χ0v) is 10.7. The normalized spacial score (nSPS) is 20.6. The summed E-state index contributed by atoms with van der Waals surface area (Å²) in [5, 5.41) is 7.50. The van der Waals surface area contributed by atoms with Gasteiger partial charge in [-0.3, -0.25) is 9.48 Å². The maximum Gasteiger partial charge on any atom is 0.244 e. The van der Waals surface area contributed by atoms with E-state index in [9.17, 15) is 4.79 Å². The van der Waals surface area contributed by atoms with Gasteiger partial charge in [-0.2, -0.15) is 5.10 Å². The van der Waals surface area contributed by atoms with Gasteiger partial charge in [-0.15, -0.1) is 0 Å². The fourth-order valence-electron chi connectivity index (χ4n) is 2.16. The molecule has 1 amide bonds. The molecule has 5 nitrogen and oxygen atoms in total. The Balaban J connectivity index is 2.06. The van der Waals surface area contributed by atoms with Crippen LogP contribution in [0.1, 0.15) is 27.2 Å². The van der Waals surface area contributed by atoms with E-state index in [0.717, 1.165) is 25.2 Å². The van der Waals surface area contributed by atoms with Gasteiger partial charge in [0.2, 0.25) is 5.91 Å². The van der Waals surface area contributed by atoms with Gasteiger partial charge in [-0.1, -0.05) is 13.8 Å². The molecule has 1 aromatic heterocycles. The van der Waals surface area contributed by atoms with Crippen LogP contribution in [0.25, 0.3) is 0 Å². The number of anilines is 1. The average molecular weight is 236 g/mol. The second-order valence-corrected chi connectivity index (χ2v) is 4.71. The fourth-order valence-corrected chi connectivity index (χ4v) is 2.16. The van der Waals surface area contributed by atoms with Crippen LogP contribution in [0.2, 0.25) is 0 Å². The summed E-state index contributed by atoms with van der Waals surface area (Å²) in [6.45, 7) is 7.76. The van der Waals surface area contributed by atoms with E-state index in [2.05, 4.69) is 24.3 Å². The summed E-state index contributed by atoms with van der Waals surface area (Å²) in [5.41, 5.74) is 0.907. The molecule has 1 saturated heterocycles. The Kier molecular flexibility index (Phi) is 3.47. The molecule has 0 aromatic carbocycles. The molecule has 5 heteroatoms. The smallest absolute Gasteiger partial charge is 0.244 e. The summed E-state index contributed by atoms with van der Waals surface area (Å²) < 4.78 is 1.84. The highest BCUT2D eigenvalue weighted by molar-refractivity contribution is 5.99. The standard InChI is InChI=1S/C12H20N4O/c1-4-15-8-10(7-13-15)16-6-5-11(12(16)17)14-9(2)3/h7-9,11,14H,4-6H2,1-3H3. The predicted octanol–water partition coefficient (Wildman–Crippen LogP) is 1.01. The van der Waals surface area contributed by atoms with Crippen molar-refractivity contribution >= 4 is 11.6 Å². The molecule has 2 heterocycles. The van der Waals surface area contributed by atoms with E-state index in [0.29, 0.717) is 6.04 Å². The second kappa shape index (κ2) is 4.87. The van der Waals surface area contributed by atoms with Crippen LogP contribution in [0.4, 0.5) is 5.69 Å². The number of hydrogen-bond acceptors (Lipinski definition) is 3. The van der Waals surface area contributed by atoms with Crippen LogP contribution < -0.4 is 10.2 Å². The van der Waals surface area contributed by atoms with Crippen molar-refractivity contribution in [2.75, 3.05) is 11.4 Å². The van der Waals surface area contributed by atoms with Crippen molar-refractivity contribution in [1.82, 2.24) is 15.1 Å². The van der Waals surface area contributed by atoms with E-state index < -0.39 is 0 Å². The van der Waals surface area contributed by atoms with E-state index in [1.165, 1.54) is 0 Å².